The Morgan fingerprint density at radius 2 is 0.727 bits per heavy atom. The van der Waals surface area contributed by atoms with Gasteiger partial charge in [-0.05, 0) is 27.7 Å². The number of aliphatic hydroxyl groups excluding tert-OH is 6. The molecule has 0 aliphatic rings. The van der Waals surface area contributed by atoms with Crippen LogP contribution in [0.25, 0.3) is 0 Å². The van der Waals surface area contributed by atoms with Gasteiger partial charge in [-0.15, -0.1) is 0 Å². The zero-order chi connectivity index (χ0) is 36.5. The zero-order valence-corrected chi connectivity index (χ0v) is 29.2. The molecule has 0 aliphatic carbocycles. The van der Waals surface area contributed by atoms with E-state index in [1.165, 1.54) is 0 Å². The van der Waals surface area contributed by atoms with Crippen LogP contribution in [0.4, 0.5) is 0 Å². The number of rotatable bonds is 15. The summed E-state index contributed by atoms with van der Waals surface area (Å²) in [5.74, 6) is 0. The molecule has 6 unspecified atom stereocenters. The van der Waals surface area contributed by atoms with Crippen molar-refractivity contribution in [2.45, 2.75) is 77.3 Å². The lowest BCUT2D eigenvalue weighted by Gasteiger charge is -2.13. The first-order valence-corrected chi connectivity index (χ1v) is 19.7. The summed E-state index contributed by atoms with van der Waals surface area (Å²) in [4.78, 5) is 66.9. The van der Waals surface area contributed by atoms with Crippen molar-refractivity contribution in [3.05, 3.63) is 0 Å². The molecule has 0 radical (unpaired) electrons. The van der Waals surface area contributed by atoms with Crippen LogP contribution in [0.1, 0.15) is 41.5 Å². The average molecular weight is 739 g/mol. The van der Waals surface area contributed by atoms with Crippen LogP contribution in [0.3, 0.4) is 0 Å². The maximum Gasteiger partial charge on any atom is 0.328 e. The minimum Gasteiger partial charge on any atom is -0.394 e. The summed E-state index contributed by atoms with van der Waals surface area (Å²) in [5, 5.41) is 49.5. The van der Waals surface area contributed by atoms with E-state index in [4.69, 9.17) is 79.3 Å². The fourth-order valence-electron chi connectivity index (χ4n) is 1.61. The maximum atomic E-state index is 10.4. The molecule has 24 heteroatoms. The van der Waals surface area contributed by atoms with E-state index in [0.29, 0.717) is 13.2 Å². The van der Waals surface area contributed by atoms with Crippen molar-refractivity contribution in [2.75, 3.05) is 52.0 Å². The van der Waals surface area contributed by atoms with E-state index in [9.17, 15) is 18.3 Å². The lowest BCUT2D eigenvalue weighted by Crippen LogP contribution is -2.19. The Morgan fingerprint density at radius 1 is 0.500 bits per heavy atom. The van der Waals surface area contributed by atoms with Gasteiger partial charge in [0.05, 0.1) is 87.7 Å². The number of ether oxygens (including phenoxy) is 2. The number of hydrogen-bond acceptors (Lipinski definition) is 12. The van der Waals surface area contributed by atoms with Gasteiger partial charge in [0.25, 0.3) is 0 Å². The largest absolute Gasteiger partial charge is 0.394 e. The van der Waals surface area contributed by atoms with Crippen LogP contribution in [0.2, 0.25) is 0 Å². The predicted octanol–water partition coefficient (Wildman–Crippen LogP) is -2.04. The van der Waals surface area contributed by atoms with Crippen LogP contribution in [0, 0.1) is 0 Å². The Bertz CT molecular complexity index is 767. The highest BCUT2D eigenvalue weighted by molar-refractivity contribution is 7.57. The van der Waals surface area contributed by atoms with Gasteiger partial charge in [0.1, 0.15) is 0 Å². The van der Waals surface area contributed by atoms with Crippen LogP contribution in [-0.4, -0.2) is 157 Å². The molecule has 14 N–H and O–H groups in total. The van der Waals surface area contributed by atoms with Gasteiger partial charge in [-0.1, -0.05) is 13.8 Å². The van der Waals surface area contributed by atoms with Crippen LogP contribution in [-0.2, 0) is 27.7 Å². The number of aliphatic hydroxyl groups is 6. The Balaban J connectivity index is -0.000000148. The van der Waals surface area contributed by atoms with Crippen molar-refractivity contribution in [3.8, 4) is 0 Å². The van der Waals surface area contributed by atoms with Gasteiger partial charge in [0.2, 0.25) is 0 Å². The molecule has 0 aromatic carbocycles. The molecule has 0 spiro atoms. The summed E-state index contributed by atoms with van der Waals surface area (Å²) >= 11 is 0. The van der Waals surface area contributed by atoms with Gasteiger partial charge in [-0.2, -0.15) is 0 Å². The molecule has 44 heavy (non-hydrogen) atoms. The second-order valence-corrected chi connectivity index (χ2v) is 16.9. The van der Waals surface area contributed by atoms with E-state index in [1.807, 2.05) is 0 Å². The fourth-order valence-corrected chi connectivity index (χ4v) is 5.97. The van der Waals surface area contributed by atoms with Gasteiger partial charge >= 0.3 is 30.4 Å². The first-order chi connectivity index (χ1) is 19.5. The van der Waals surface area contributed by atoms with Crippen LogP contribution < -0.4 is 0 Å². The first kappa shape index (κ1) is 53.8. The molecule has 0 fully saturated rings. The Hall–Kier alpha value is 0.280. The van der Waals surface area contributed by atoms with Crippen molar-refractivity contribution < 1.29 is 97.5 Å². The molecule has 0 aromatic rings. The third kappa shape index (κ3) is 51.8. The molecular formula is C20H54O20P4. The van der Waals surface area contributed by atoms with Crippen molar-refractivity contribution in [1.82, 2.24) is 0 Å². The van der Waals surface area contributed by atoms with Crippen LogP contribution in [0.15, 0.2) is 0 Å². The lowest BCUT2D eigenvalue weighted by atomic mass is 10.4. The van der Waals surface area contributed by atoms with Gasteiger partial charge < -0.3 is 79.3 Å². The Morgan fingerprint density at radius 3 is 0.818 bits per heavy atom. The summed E-state index contributed by atoms with van der Waals surface area (Å²) < 4.78 is 51.1. The quantitative estimate of drug-likeness (QED) is 0.0805. The minimum atomic E-state index is -4.35. The van der Waals surface area contributed by atoms with Gasteiger partial charge in [-0.25, -0.2) is 0 Å². The lowest BCUT2D eigenvalue weighted by molar-refractivity contribution is -0.0177. The Labute approximate surface area is 257 Å². The highest BCUT2D eigenvalue weighted by atomic mass is 31.2. The Kier molecular flexibility index (Phi) is 34.6. The van der Waals surface area contributed by atoms with E-state index in [-0.39, 0.29) is 38.6 Å². The first-order valence-electron chi connectivity index (χ1n) is 12.7. The van der Waals surface area contributed by atoms with Gasteiger partial charge in [0, 0.05) is 0 Å². The van der Waals surface area contributed by atoms with Crippen molar-refractivity contribution in [2.24, 2.45) is 0 Å². The van der Waals surface area contributed by atoms with Crippen LogP contribution >= 0.6 is 30.4 Å². The monoisotopic (exact) mass is 738 g/mol. The predicted molar refractivity (Wildman–Crippen MR) is 159 cm³/mol. The van der Waals surface area contributed by atoms with E-state index < -0.39 is 66.2 Å². The second-order valence-electron chi connectivity index (χ2n) is 9.37. The molecule has 20 nitrogen and oxygen atoms in total. The topological polar surface area (TPSA) is 370 Å². The van der Waals surface area contributed by atoms with Crippen LogP contribution in [0.5, 0.6) is 0 Å². The van der Waals surface area contributed by atoms with Gasteiger partial charge in [0.15, 0.2) is 0 Å². The molecular weight excluding hydrogens is 684 g/mol. The highest BCUT2D eigenvalue weighted by Gasteiger charge is 2.31. The molecule has 0 aliphatic heterocycles. The number of hydrogen-bond donors (Lipinski definition) is 14. The molecule has 0 bridgehead atoms. The van der Waals surface area contributed by atoms with E-state index >= 15 is 0 Å². The normalized spacial score (nSPS) is 16.0. The third-order valence-electron chi connectivity index (χ3n) is 4.01. The molecule has 0 saturated heterocycles. The summed E-state index contributed by atoms with van der Waals surface area (Å²) in [6, 6.07) is 0. The molecule has 274 valence electrons. The van der Waals surface area contributed by atoms with E-state index in [2.05, 4.69) is 0 Å². The van der Waals surface area contributed by atoms with Crippen molar-refractivity contribution in [3.63, 3.8) is 0 Å². The fraction of sp³-hybridized carbons (Fsp3) is 1.00. The third-order valence-corrected chi connectivity index (χ3v) is 9.30. The minimum absolute atomic E-state index is 0.00667. The molecule has 6 atom stereocenters. The van der Waals surface area contributed by atoms with E-state index in [0.717, 1.165) is 13.8 Å². The average Bonchev–Trinajstić information content (AvgIpc) is 2.83. The summed E-state index contributed by atoms with van der Waals surface area (Å²) in [7, 11) is -17.3. The summed E-state index contributed by atoms with van der Waals surface area (Å²) in [6.07, 6.45) is -2.79. The summed E-state index contributed by atoms with van der Waals surface area (Å²) in [6.45, 7) is 9.33. The smallest absolute Gasteiger partial charge is 0.328 e. The van der Waals surface area contributed by atoms with Crippen molar-refractivity contribution in [1.29, 1.82) is 0 Å². The molecule has 0 amide bonds. The summed E-state index contributed by atoms with van der Waals surface area (Å²) in [5.41, 5.74) is -2.58. The van der Waals surface area contributed by atoms with Gasteiger partial charge in [-0.3, -0.25) is 18.3 Å². The molecule has 0 aromatic heterocycles. The maximum absolute atomic E-state index is 10.4. The van der Waals surface area contributed by atoms with E-state index in [1.54, 1.807) is 27.7 Å². The highest BCUT2D eigenvalue weighted by Crippen LogP contribution is 2.49. The zero-order valence-electron chi connectivity index (χ0n) is 25.6. The standard InChI is InChI=1S/2C6H14O3.2C3H10O6P2.C2H6O2/c2*1-5(8)4-9-6(2)3-7;2*1-3(11(7,8)9)2-10(4,5)6;3-1-2-4/h2*5-8H,3-4H2,1-2H3;2*3H,2H2,1H3,(H2,4,5,6)(H2,7,8,9);3-4H,1-2H2. The van der Waals surface area contributed by atoms with Crippen molar-refractivity contribution >= 4 is 30.4 Å². The molecule has 0 heterocycles. The molecule has 0 saturated carbocycles. The SMILES string of the molecule is CC(CP(=O)(O)O)P(=O)(O)O.CC(CP(=O)(O)O)P(=O)(O)O.CC(O)COC(C)CO.CC(O)COC(C)CO.OCCO. The molecule has 0 rings (SSSR count). The second kappa shape index (κ2) is 28.3.